The number of sulfonamides is 1. The molecule has 0 saturated carbocycles. The Morgan fingerprint density at radius 2 is 1.55 bits per heavy atom. The summed E-state index contributed by atoms with van der Waals surface area (Å²) in [7, 11) is -4.65. The summed E-state index contributed by atoms with van der Waals surface area (Å²) in [5.41, 5.74) is -1.22. The highest BCUT2D eigenvalue weighted by molar-refractivity contribution is 7.89. The van der Waals surface area contributed by atoms with Crippen molar-refractivity contribution in [2.75, 3.05) is 18.0 Å². The SMILES string of the molecule is CCC(F)(F)CN(CC(F)(F)CC)c1cc(C(=O)O)cc(S(N)(=O)=O)c1Oc1ccccc1. The Hall–Kier alpha value is -2.86. The summed E-state index contributed by atoms with van der Waals surface area (Å²) < 4.78 is 87.5. The minimum atomic E-state index is -4.65. The molecular weight excluding hydrogens is 468 g/mol. The summed E-state index contributed by atoms with van der Waals surface area (Å²) in [4.78, 5) is 11.3. The normalized spacial score (nSPS) is 12.5. The fraction of sp³-hybridized carbons (Fsp3) is 0.381. The van der Waals surface area contributed by atoms with Crippen LogP contribution in [0.1, 0.15) is 37.0 Å². The van der Waals surface area contributed by atoms with E-state index in [2.05, 4.69) is 0 Å². The maximum absolute atomic E-state index is 14.3. The molecule has 0 atom stereocenters. The van der Waals surface area contributed by atoms with E-state index in [4.69, 9.17) is 9.88 Å². The van der Waals surface area contributed by atoms with Gasteiger partial charge in [0.05, 0.1) is 24.3 Å². The lowest BCUT2D eigenvalue weighted by molar-refractivity contribution is -0.0160. The van der Waals surface area contributed by atoms with E-state index >= 15 is 0 Å². The van der Waals surface area contributed by atoms with Gasteiger partial charge in [0.25, 0.3) is 11.8 Å². The summed E-state index contributed by atoms with van der Waals surface area (Å²) >= 11 is 0. The number of primary sulfonamides is 1. The molecule has 7 nitrogen and oxygen atoms in total. The van der Waals surface area contributed by atoms with Crippen LogP contribution in [0.15, 0.2) is 47.4 Å². The first-order valence-electron chi connectivity index (χ1n) is 9.86. The Labute approximate surface area is 188 Å². The minimum absolute atomic E-state index is 0.0520. The molecule has 0 saturated heterocycles. The number of nitrogens with zero attached hydrogens (tertiary/aromatic N) is 1. The predicted molar refractivity (Wildman–Crippen MR) is 114 cm³/mol. The molecule has 0 fully saturated rings. The van der Waals surface area contributed by atoms with E-state index in [9.17, 15) is 35.9 Å². The number of halogens is 4. The Kier molecular flexibility index (Phi) is 7.96. The van der Waals surface area contributed by atoms with Crippen molar-refractivity contribution in [2.24, 2.45) is 5.14 Å². The van der Waals surface area contributed by atoms with Crippen LogP contribution >= 0.6 is 0 Å². The van der Waals surface area contributed by atoms with Crippen molar-refractivity contribution in [3.63, 3.8) is 0 Å². The van der Waals surface area contributed by atoms with Gasteiger partial charge in [-0.25, -0.2) is 35.9 Å². The van der Waals surface area contributed by atoms with Crippen molar-refractivity contribution < 1.29 is 40.6 Å². The maximum Gasteiger partial charge on any atom is 0.335 e. The second-order valence-corrected chi connectivity index (χ2v) is 8.89. The van der Waals surface area contributed by atoms with Gasteiger partial charge < -0.3 is 14.7 Å². The highest BCUT2D eigenvalue weighted by atomic mass is 32.2. The lowest BCUT2D eigenvalue weighted by Crippen LogP contribution is -2.43. The third-order valence-electron chi connectivity index (χ3n) is 4.77. The van der Waals surface area contributed by atoms with E-state index in [0.29, 0.717) is 11.0 Å². The molecule has 0 aliphatic rings. The number of para-hydroxylation sites is 1. The van der Waals surface area contributed by atoms with Crippen LogP contribution in [0.2, 0.25) is 0 Å². The average Bonchev–Trinajstić information content (AvgIpc) is 2.72. The molecule has 0 amide bonds. The van der Waals surface area contributed by atoms with Gasteiger partial charge in [-0.05, 0) is 24.3 Å². The molecule has 182 valence electrons. The van der Waals surface area contributed by atoms with Gasteiger partial charge in [0.2, 0.25) is 10.0 Å². The molecule has 0 heterocycles. The molecule has 0 aliphatic carbocycles. The maximum atomic E-state index is 14.3. The van der Waals surface area contributed by atoms with Crippen LogP contribution in [-0.4, -0.2) is 44.4 Å². The Bertz CT molecular complexity index is 1080. The van der Waals surface area contributed by atoms with Crippen LogP contribution in [0.25, 0.3) is 0 Å². The molecule has 2 aromatic carbocycles. The fourth-order valence-corrected chi connectivity index (χ4v) is 3.57. The summed E-state index contributed by atoms with van der Waals surface area (Å²) in [5.74, 6) is -9.09. The number of hydrogen-bond acceptors (Lipinski definition) is 5. The zero-order chi connectivity index (χ0) is 25.0. The third kappa shape index (κ3) is 7.06. The number of aromatic carboxylic acids is 1. The van der Waals surface area contributed by atoms with E-state index in [-0.39, 0.29) is 5.75 Å². The topological polar surface area (TPSA) is 110 Å². The predicted octanol–water partition coefficient (Wildman–Crippen LogP) is 4.72. The number of ether oxygens (including phenoxy) is 1. The van der Waals surface area contributed by atoms with Crippen molar-refractivity contribution in [2.45, 2.75) is 43.4 Å². The van der Waals surface area contributed by atoms with Crippen molar-refractivity contribution in [3.8, 4) is 11.5 Å². The van der Waals surface area contributed by atoms with Crippen LogP contribution in [-0.2, 0) is 10.0 Å². The molecule has 2 aromatic rings. The quantitative estimate of drug-likeness (QED) is 0.439. The second kappa shape index (κ2) is 9.96. The Balaban J connectivity index is 2.85. The standard InChI is InChI=1S/C21H24F4N2O5S/c1-3-20(22,23)12-27(13-21(24,25)4-2)16-10-14(19(28)29)11-17(33(26,30)31)18(16)32-15-8-6-5-7-9-15/h5-11H,3-4,12-13H2,1-2H3,(H,28,29)(H2,26,30,31). The molecule has 33 heavy (non-hydrogen) atoms. The summed E-state index contributed by atoms with van der Waals surface area (Å²) in [6, 6.07) is 9.01. The Morgan fingerprint density at radius 3 is 1.97 bits per heavy atom. The number of nitrogens with two attached hydrogens (primary N) is 1. The molecule has 12 heteroatoms. The van der Waals surface area contributed by atoms with E-state index in [1.54, 1.807) is 6.07 Å². The smallest absolute Gasteiger partial charge is 0.335 e. The summed E-state index contributed by atoms with van der Waals surface area (Å²) in [5, 5.41) is 14.7. The van der Waals surface area contributed by atoms with Crippen molar-refractivity contribution >= 4 is 21.7 Å². The summed E-state index contributed by atoms with van der Waals surface area (Å²) in [6.07, 6.45) is -1.40. The van der Waals surface area contributed by atoms with Crippen LogP contribution < -0.4 is 14.8 Å². The molecule has 0 aromatic heterocycles. The number of carboxylic acid groups (broad SMARTS) is 1. The van der Waals surface area contributed by atoms with Crippen LogP contribution in [0.5, 0.6) is 11.5 Å². The van der Waals surface area contributed by atoms with Gasteiger partial charge >= 0.3 is 5.97 Å². The average molecular weight is 492 g/mol. The Morgan fingerprint density at radius 1 is 1.03 bits per heavy atom. The zero-order valence-electron chi connectivity index (χ0n) is 17.9. The van der Waals surface area contributed by atoms with E-state index in [1.807, 2.05) is 0 Å². The third-order valence-corrected chi connectivity index (χ3v) is 5.69. The first-order valence-corrected chi connectivity index (χ1v) is 11.4. The zero-order valence-corrected chi connectivity index (χ0v) is 18.7. The minimum Gasteiger partial charge on any atom is -0.478 e. The molecule has 0 aliphatic heterocycles. The number of anilines is 1. The molecule has 2 rings (SSSR count). The fourth-order valence-electron chi connectivity index (χ4n) is 2.87. The lowest BCUT2D eigenvalue weighted by atomic mass is 10.1. The van der Waals surface area contributed by atoms with Gasteiger partial charge in [-0.1, -0.05) is 32.0 Å². The van der Waals surface area contributed by atoms with E-state index in [0.717, 1.165) is 19.9 Å². The molecule has 0 radical (unpaired) electrons. The van der Waals surface area contributed by atoms with Gasteiger partial charge in [-0.3, -0.25) is 0 Å². The van der Waals surface area contributed by atoms with E-state index < -0.39 is 75.7 Å². The molecule has 0 spiro atoms. The number of rotatable bonds is 11. The van der Waals surface area contributed by atoms with Gasteiger partial charge in [0.15, 0.2) is 5.75 Å². The number of carbonyl (C=O) groups is 1. The largest absolute Gasteiger partial charge is 0.478 e. The van der Waals surface area contributed by atoms with E-state index in [1.165, 1.54) is 24.3 Å². The van der Waals surface area contributed by atoms with Gasteiger partial charge in [0.1, 0.15) is 10.6 Å². The van der Waals surface area contributed by atoms with Crippen LogP contribution in [0.4, 0.5) is 23.2 Å². The van der Waals surface area contributed by atoms with Crippen molar-refractivity contribution in [1.29, 1.82) is 0 Å². The molecule has 0 unspecified atom stereocenters. The number of benzene rings is 2. The molecule has 3 N–H and O–H groups in total. The first kappa shape index (κ1) is 26.4. The second-order valence-electron chi connectivity index (χ2n) is 7.36. The highest BCUT2D eigenvalue weighted by Gasteiger charge is 2.38. The van der Waals surface area contributed by atoms with Gasteiger partial charge in [-0.2, -0.15) is 0 Å². The van der Waals surface area contributed by atoms with Gasteiger partial charge in [0, 0.05) is 12.8 Å². The summed E-state index contributed by atoms with van der Waals surface area (Å²) in [6.45, 7) is -0.170. The number of hydrogen-bond donors (Lipinski definition) is 2. The highest BCUT2D eigenvalue weighted by Crippen LogP contribution is 2.41. The lowest BCUT2D eigenvalue weighted by Gasteiger charge is -2.33. The first-order chi connectivity index (χ1) is 15.2. The molecule has 0 bridgehead atoms. The van der Waals surface area contributed by atoms with Crippen LogP contribution in [0, 0.1) is 0 Å². The number of carboxylic acids is 1. The molecular formula is C21H24F4N2O5S. The van der Waals surface area contributed by atoms with Crippen molar-refractivity contribution in [1.82, 2.24) is 0 Å². The number of alkyl halides is 4. The van der Waals surface area contributed by atoms with Crippen molar-refractivity contribution in [3.05, 3.63) is 48.0 Å². The monoisotopic (exact) mass is 492 g/mol. The van der Waals surface area contributed by atoms with Crippen LogP contribution in [0.3, 0.4) is 0 Å². The van der Waals surface area contributed by atoms with Gasteiger partial charge in [-0.15, -0.1) is 0 Å².